The normalized spacial score (nSPS) is 10.6. The van der Waals surface area contributed by atoms with E-state index in [4.69, 9.17) is 16.3 Å². The Bertz CT molecular complexity index is 855. The molecule has 0 aliphatic heterocycles. The van der Waals surface area contributed by atoms with E-state index in [-0.39, 0.29) is 23.3 Å². The molecule has 2 aromatic rings. The largest absolute Gasteiger partial charge is 0.505 e. The smallest absolute Gasteiger partial charge is 0.311 e. The van der Waals surface area contributed by atoms with Gasteiger partial charge in [0.05, 0.1) is 0 Å². The molecule has 0 fully saturated rings. The van der Waals surface area contributed by atoms with Crippen LogP contribution in [0.5, 0.6) is 11.5 Å². The van der Waals surface area contributed by atoms with E-state index >= 15 is 0 Å². The molecule has 6 nitrogen and oxygen atoms in total. The van der Waals surface area contributed by atoms with E-state index in [0.29, 0.717) is 29.3 Å². The summed E-state index contributed by atoms with van der Waals surface area (Å²) >= 11 is 6.02. The fourth-order valence-electron chi connectivity index (χ4n) is 2.75. The molecule has 0 bridgehead atoms. The van der Waals surface area contributed by atoms with Crippen molar-refractivity contribution < 1.29 is 19.4 Å². The Hall–Kier alpha value is -2.60. The van der Waals surface area contributed by atoms with Crippen LogP contribution >= 0.6 is 11.6 Å². The monoisotopic (exact) mass is 418 g/mol. The minimum atomic E-state index is -0.370. The molecule has 29 heavy (non-hydrogen) atoms. The molecule has 0 atom stereocenters. The van der Waals surface area contributed by atoms with Gasteiger partial charge in [-0.25, -0.2) is 4.98 Å². The fraction of sp³-hybridized carbons (Fsp3) is 0.409. The minimum Gasteiger partial charge on any atom is -0.505 e. The molecule has 0 unspecified atom stereocenters. The maximum absolute atomic E-state index is 12.0. The minimum absolute atomic E-state index is 0.0541. The Morgan fingerprint density at radius 1 is 1.07 bits per heavy atom. The Labute approximate surface area is 176 Å². The summed E-state index contributed by atoms with van der Waals surface area (Å²) < 4.78 is 5.28. The number of aromatic nitrogens is 1. The number of carbonyl (C=O) groups is 2. The maximum atomic E-state index is 12.0. The number of pyridine rings is 1. The van der Waals surface area contributed by atoms with Gasteiger partial charge in [-0.1, -0.05) is 36.9 Å². The molecule has 0 aliphatic carbocycles. The predicted octanol–water partition coefficient (Wildman–Crippen LogP) is 4.73. The van der Waals surface area contributed by atoms with Gasteiger partial charge in [0, 0.05) is 24.2 Å². The molecule has 7 heteroatoms. The number of nitrogens with zero attached hydrogens (tertiary/aromatic N) is 1. The standard InChI is InChI=1S/C22H27ClN2O4/c1-15-9-10-17(14-18(15)23)29-19(26)8-6-4-3-5-7-12-25-22(28)20-21(27)16(2)11-13-24-20/h9-11,13-14,27H,3-8,12H2,1-2H3,(H,25,28). The zero-order valence-corrected chi connectivity index (χ0v) is 17.6. The Balaban J connectivity index is 1.54. The second kappa shape index (κ2) is 11.4. The molecule has 0 saturated heterocycles. The Morgan fingerprint density at radius 3 is 2.55 bits per heavy atom. The first-order valence-corrected chi connectivity index (χ1v) is 10.2. The molecule has 1 aromatic heterocycles. The second-order valence-electron chi connectivity index (χ2n) is 6.98. The molecule has 1 heterocycles. The van der Waals surface area contributed by atoms with Crippen LogP contribution < -0.4 is 10.1 Å². The second-order valence-corrected chi connectivity index (χ2v) is 7.39. The van der Waals surface area contributed by atoms with E-state index in [2.05, 4.69) is 10.3 Å². The van der Waals surface area contributed by atoms with Crippen molar-refractivity contribution in [1.82, 2.24) is 10.3 Å². The van der Waals surface area contributed by atoms with Crippen molar-refractivity contribution in [2.24, 2.45) is 0 Å². The van der Waals surface area contributed by atoms with Gasteiger partial charge in [-0.2, -0.15) is 0 Å². The third-order valence-corrected chi connectivity index (χ3v) is 4.97. The number of aryl methyl sites for hydroxylation is 2. The molecule has 0 spiro atoms. The van der Waals surface area contributed by atoms with Crippen LogP contribution in [0.1, 0.15) is 60.1 Å². The van der Waals surface area contributed by atoms with Crippen LogP contribution in [-0.4, -0.2) is 28.5 Å². The maximum Gasteiger partial charge on any atom is 0.311 e. The molecule has 0 aliphatic rings. The SMILES string of the molecule is Cc1ccc(OC(=O)CCCCCCCNC(=O)c2nccc(C)c2O)cc1Cl. The van der Waals surface area contributed by atoms with E-state index in [1.165, 1.54) is 6.20 Å². The first kappa shape index (κ1) is 22.7. The number of benzene rings is 1. The molecule has 0 saturated carbocycles. The lowest BCUT2D eigenvalue weighted by molar-refractivity contribution is -0.134. The van der Waals surface area contributed by atoms with Gasteiger partial charge in [0.25, 0.3) is 5.91 Å². The van der Waals surface area contributed by atoms with Gasteiger partial charge in [-0.15, -0.1) is 0 Å². The van der Waals surface area contributed by atoms with Crippen molar-refractivity contribution in [1.29, 1.82) is 0 Å². The first-order chi connectivity index (χ1) is 13.9. The number of unbranched alkanes of at least 4 members (excludes halogenated alkanes) is 4. The number of carbonyl (C=O) groups excluding carboxylic acids is 2. The highest BCUT2D eigenvalue weighted by Gasteiger charge is 2.13. The van der Waals surface area contributed by atoms with Crippen molar-refractivity contribution in [3.8, 4) is 11.5 Å². The summed E-state index contributed by atoms with van der Waals surface area (Å²) in [5.41, 5.74) is 1.61. The van der Waals surface area contributed by atoms with Crippen LogP contribution in [0.15, 0.2) is 30.5 Å². The number of esters is 1. The zero-order valence-electron chi connectivity index (χ0n) is 16.8. The summed E-state index contributed by atoms with van der Waals surface area (Å²) in [6.07, 6.45) is 6.26. The zero-order chi connectivity index (χ0) is 21.2. The van der Waals surface area contributed by atoms with Crippen molar-refractivity contribution >= 4 is 23.5 Å². The van der Waals surface area contributed by atoms with Crippen LogP contribution in [0.2, 0.25) is 5.02 Å². The highest BCUT2D eigenvalue weighted by molar-refractivity contribution is 6.31. The molecular weight excluding hydrogens is 392 g/mol. The number of rotatable bonds is 10. The third-order valence-electron chi connectivity index (χ3n) is 4.56. The highest BCUT2D eigenvalue weighted by atomic mass is 35.5. The van der Waals surface area contributed by atoms with E-state index in [0.717, 1.165) is 37.7 Å². The summed E-state index contributed by atoms with van der Waals surface area (Å²) in [5, 5.41) is 13.2. The fourth-order valence-corrected chi connectivity index (χ4v) is 2.92. The van der Waals surface area contributed by atoms with Gasteiger partial charge in [0.1, 0.15) is 11.5 Å². The number of hydrogen-bond donors (Lipinski definition) is 2. The number of ether oxygens (including phenoxy) is 1. The van der Waals surface area contributed by atoms with Gasteiger partial charge in [0.2, 0.25) is 0 Å². The average Bonchev–Trinajstić information content (AvgIpc) is 2.68. The average molecular weight is 419 g/mol. The van der Waals surface area contributed by atoms with Crippen molar-refractivity contribution in [2.45, 2.75) is 52.4 Å². The van der Waals surface area contributed by atoms with Crippen molar-refractivity contribution in [3.05, 3.63) is 52.3 Å². The summed E-state index contributed by atoms with van der Waals surface area (Å²) in [5.74, 6) is -0.243. The molecule has 156 valence electrons. The van der Waals surface area contributed by atoms with Gasteiger partial charge >= 0.3 is 5.97 Å². The Morgan fingerprint density at radius 2 is 1.79 bits per heavy atom. The van der Waals surface area contributed by atoms with Crippen LogP contribution in [0.25, 0.3) is 0 Å². The molecule has 2 N–H and O–H groups in total. The molecular formula is C22H27ClN2O4. The number of hydrogen-bond acceptors (Lipinski definition) is 5. The van der Waals surface area contributed by atoms with Crippen LogP contribution in [0, 0.1) is 13.8 Å². The quantitative estimate of drug-likeness (QED) is 0.330. The topological polar surface area (TPSA) is 88.5 Å². The van der Waals surface area contributed by atoms with E-state index in [1.54, 1.807) is 25.1 Å². The first-order valence-electron chi connectivity index (χ1n) is 9.78. The van der Waals surface area contributed by atoms with Gasteiger partial charge in [-0.3, -0.25) is 9.59 Å². The summed E-state index contributed by atoms with van der Waals surface area (Å²) in [6, 6.07) is 6.85. The number of aromatic hydroxyl groups is 1. The molecule has 1 amide bonds. The molecule has 1 aromatic carbocycles. The number of halogens is 1. The Kier molecular flexibility index (Phi) is 8.93. The van der Waals surface area contributed by atoms with E-state index in [1.807, 2.05) is 13.0 Å². The van der Waals surface area contributed by atoms with Crippen LogP contribution in [0.4, 0.5) is 0 Å². The number of amides is 1. The predicted molar refractivity (Wildman–Crippen MR) is 112 cm³/mol. The van der Waals surface area contributed by atoms with Crippen LogP contribution in [0.3, 0.4) is 0 Å². The van der Waals surface area contributed by atoms with Crippen LogP contribution in [-0.2, 0) is 4.79 Å². The van der Waals surface area contributed by atoms with Crippen molar-refractivity contribution in [3.63, 3.8) is 0 Å². The van der Waals surface area contributed by atoms with E-state index in [9.17, 15) is 14.7 Å². The summed E-state index contributed by atoms with van der Waals surface area (Å²) in [6.45, 7) is 4.13. The third kappa shape index (κ3) is 7.38. The summed E-state index contributed by atoms with van der Waals surface area (Å²) in [7, 11) is 0. The van der Waals surface area contributed by atoms with Gasteiger partial charge in [-0.05, 0) is 56.0 Å². The number of nitrogens with one attached hydrogen (secondary N) is 1. The molecule has 2 rings (SSSR count). The molecule has 0 radical (unpaired) electrons. The van der Waals surface area contributed by atoms with Gasteiger partial charge < -0.3 is 15.2 Å². The lowest BCUT2D eigenvalue weighted by Crippen LogP contribution is -2.25. The van der Waals surface area contributed by atoms with E-state index < -0.39 is 0 Å². The van der Waals surface area contributed by atoms with Gasteiger partial charge in [0.15, 0.2) is 5.69 Å². The lowest BCUT2D eigenvalue weighted by atomic mass is 10.1. The van der Waals surface area contributed by atoms with Crippen molar-refractivity contribution in [2.75, 3.05) is 6.54 Å². The lowest BCUT2D eigenvalue weighted by Gasteiger charge is -2.08. The highest BCUT2D eigenvalue weighted by Crippen LogP contribution is 2.22. The summed E-state index contributed by atoms with van der Waals surface area (Å²) in [4.78, 5) is 27.8.